The Kier molecular flexibility index (Phi) is 8.34. The summed E-state index contributed by atoms with van der Waals surface area (Å²) in [6, 6.07) is 5.76. The number of benzene rings is 1. The van der Waals surface area contributed by atoms with E-state index in [1.165, 1.54) is 0 Å². The Balaban J connectivity index is 1.88. The van der Waals surface area contributed by atoms with Crippen molar-refractivity contribution >= 4 is 5.91 Å². The number of carbonyl (C=O) groups excluding carboxylic acids is 1. The molecule has 1 aromatic carbocycles. The normalized spacial score (nSPS) is 15.4. The Morgan fingerprint density at radius 1 is 1.26 bits per heavy atom. The molecule has 0 unspecified atom stereocenters. The second kappa shape index (κ2) is 10.5. The second-order valence-corrected chi connectivity index (χ2v) is 7.67. The molecule has 1 aliphatic heterocycles. The van der Waals surface area contributed by atoms with Gasteiger partial charge in [0.2, 0.25) is 0 Å². The van der Waals surface area contributed by atoms with Gasteiger partial charge in [-0.25, -0.2) is 0 Å². The third-order valence-electron chi connectivity index (χ3n) is 4.17. The molecule has 0 aliphatic carbocycles. The number of hydrogen-bond acceptors (Lipinski definition) is 6. The average Bonchev–Trinajstić information content (AvgIpc) is 2.63. The average molecular weight is 380 g/mol. The van der Waals surface area contributed by atoms with Crippen LogP contribution in [0, 0.1) is 0 Å². The number of nitrogens with one attached hydrogen (secondary N) is 2. The van der Waals surface area contributed by atoms with Crippen LogP contribution in [-0.2, 0) is 16.1 Å². The second-order valence-electron chi connectivity index (χ2n) is 7.67. The van der Waals surface area contributed by atoms with Gasteiger partial charge >= 0.3 is 0 Å². The lowest BCUT2D eigenvalue weighted by Crippen LogP contribution is -2.43. The summed E-state index contributed by atoms with van der Waals surface area (Å²) in [6.45, 7) is 11.9. The summed E-state index contributed by atoms with van der Waals surface area (Å²) in [5.41, 5.74) is 0.686. The molecule has 27 heavy (non-hydrogen) atoms. The third-order valence-corrected chi connectivity index (χ3v) is 4.17. The van der Waals surface area contributed by atoms with Crippen LogP contribution in [0.3, 0.4) is 0 Å². The number of ether oxygens (including phenoxy) is 3. The van der Waals surface area contributed by atoms with Crippen LogP contribution < -0.4 is 20.1 Å². The zero-order chi connectivity index (χ0) is 19.7. The smallest absolute Gasteiger partial charge is 0.258 e. The zero-order valence-electron chi connectivity index (χ0n) is 17.0. The maximum atomic E-state index is 12.1. The molecular weight excluding hydrogens is 346 g/mol. The summed E-state index contributed by atoms with van der Waals surface area (Å²) < 4.78 is 16.6. The van der Waals surface area contributed by atoms with Gasteiger partial charge in [-0.1, -0.05) is 12.1 Å². The van der Waals surface area contributed by atoms with Crippen LogP contribution >= 0.6 is 0 Å². The highest BCUT2D eigenvalue weighted by Gasteiger charge is 2.17. The van der Waals surface area contributed by atoms with E-state index in [-0.39, 0.29) is 18.1 Å². The van der Waals surface area contributed by atoms with Crippen LogP contribution in [-0.4, -0.2) is 69.5 Å². The van der Waals surface area contributed by atoms with Crippen molar-refractivity contribution < 1.29 is 19.0 Å². The minimum Gasteiger partial charge on any atom is -0.493 e. The minimum absolute atomic E-state index is 0.0432. The highest BCUT2D eigenvalue weighted by atomic mass is 16.5. The van der Waals surface area contributed by atoms with Crippen molar-refractivity contribution in [3.05, 3.63) is 23.8 Å². The lowest BCUT2D eigenvalue weighted by atomic mass is 10.1. The van der Waals surface area contributed by atoms with Gasteiger partial charge in [0.1, 0.15) is 0 Å². The molecule has 7 nitrogen and oxygen atoms in total. The quantitative estimate of drug-likeness (QED) is 0.632. The largest absolute Gasteiger partial charge is 0.493 e. The van der Waals surface area contributed by atoms with Crippen LogP contribution in [0.25, 0.3) is 0 Å². The fourth-order valence-corrected chi connectivity index (χ4v) is 2.90. The molecule has 1 amide bonds. The van der Waals surface area contributed by atoms with Crippen LogP contribution in [0.2, 0.25) is 0 Å². The summed E-state index contributed by atoms with van der Waals surface area (Å²) in [6.07, 6.45) is 0. The van der Waals surface area contributed by atoms with E-state index in [9.17, 15) is 4.79 Å². The highest BCUT2D eigenvalue weighted by Crippen LogP contribution is 2.31. The Hall–Kier alpha value is -1.83. The molecule has 2 rings (SSSR count). The number of morpholine rings is 1. The van der Waals surface area contributed by atoms with Crippen LogP contribution in [0.4, 0.5) is 0 Å². The molecule has 0 atom stereocenters. The summed E-state index contributed by atoms with van der Waals surface area (Å²) in [4.78, 5) is 14.5. The maximum absolute atomic E-state index is 12.1. The van der Waals surface area contributed by atoms with Crippen LogP contribution in [0.15, 0.2) is 18.2 Å². The molecule has 0 saturated carbocycles. The number of methoxy groups -OCH3 is 1. The van der Waals surface area contributed by atoms with Crippen LogP contribution in [0.1, 0.15) is 26.3 Å². The van der Waals surface area contributed by atoms with Gasteiger partial charge in [-0.15, -0.1) is 0 Å². The van der Waals surface area contributed by atoms with Gasteiger partial charge in [-0.3, -0.25) is 9.69 Å². The van der Waals surface area contributed by atoms with E-state index in [0.717, 1.165) is 45.0 Å². The number of nitrogens with zero attached hydrogens (tertiary/aromatic N) is 1. The van der Waals surface area contributed by atoms with E-state index in [2.05, 4.69) is 15.5 Å². The van der Waals surface area contributed by atoms with E-state index in [1.807, 2.05) is 39.0 Å². The fourth-order valence-electron chi connectivity index (χ4n) is 2.90. The molecule has 1 fully saturated rings. The van der Waals surface area contributed by atoms with Crippen LogP contribution in [0.5, 0.6) is 11.5 Å². The molecule has 152 valence electrons. The first-order valence-electron chi connectivity index (χ1n) is 9.49. The standard InChI is InChI=1S/C20H33N3O4/c1-20(2,3)22-18(24)15-27-19-16(6-5-7-17(19)25-4)14-21-8-9-23-10-12-26-13-11-23/h5-7,21H,8-15H2,1-4H3,(H,22,24). The third kappa shape index (κ3) is 7.74. The van der Waals surface area contributed by atoms with Gasteiger partial charge in [0.15, 0.2) is 18.1 Å². The van der Waals surface area contributed by atoms with Crippen molar-refractivity contribution in [3.63, 3.8) is 0 Å². The van der Waals surface area contributed by atoms with Crippen molar-refractivity contribution in [3.8, 4) is 11.5 Å². The molecule has 0 spiro atoms. The number of amides is 1. The predicted octanol–water partition coefficient (Wildman–Crippen LogP) is 1.41. The number of hydrogen-bond donors (Lipinski definition) is 2. The molecule has 1 saturated heterocycles. The topological polar surface area (TPSA) is 72.1 Å². The summed E-state index contributed by atoms with van der Waals surface area (Å²) in [5, 5.41) is 6.35. The first-order chi connectivity index (χ1) is 12.9. The molecule has 0 radical (unpaired) electrons. The Bertz CT molecular complexity index is 595. The van der Waals surface area contributed by atoms with Gasteiger partial charge in [0.25, 0.3) is 5.91 Å². The van der Waals surface area contributed by atoms with E-state index in [0.29, 0.717) is 18.0 Å². The molecule has 1 aromatic rings. The number of carbonyl (C=O) groups is 1. The summed E-state index contributed by atoms with van der Waals surface area (Å²) >= 11 is 0. The lowest BCUT2D eigenvalue weighted by Gasteiger charge is -2.26. The Morgan fingerprint density at radius 2 is 2.00 bits per heavy atom. The van der Waals surface area contributed by atoms with E-state index in [1.54, 1.807) is 7.11 Å². The Morgan fingerprint density at radius 3 is 2.67 bits per heavy atom. The van der Waals surface area contributed by atoms with E-state index < -0.39 is 0 Å². The molecule has 2 N–H and O–H groups in total. The van der Waals surface area contributed by atoms with E-state index in [4.69, 9.17) is 14.2 Å². The van der Waals surface area contributed by atoms with Crippen molar-refractivity contribution in [1.82, 2.24) is 15.5 Å². The highest BCUT2D eigenvalue weighted by molar-refractivity contribution is 5.78. The zero-order valence-corrected chi connectivity index (χ0v) is 17.0. The Labute approximate surface area is 162 Å². The predicted molar refractivity (Wildman–Crippen MR) is 105 cm³/mol. The lowest BCUT2D eigenvalue weighted by molar-refractivity contribution is -0.124. The monoisotopic (exact) mass is 379 g/mol. The first-order valence-corrected chi connectivity index (χ1v) is 9.49. The van der Waals surface area contributed by atoms with Gasteiger partial charge in [-0.05, 0) is 26.8 Å². The van der Waals surface area contributed by atoms with Crippen molar-refractivity contribution in [2.24, 2.45) is 0 Å². The minimum atomic E-state index is -0.287. The molecular formula is C20H33N3O4. The van der Waals surface area contributed by atoms with Crippen molar-refractivity contribution in [2.75, 3.05) is 53.1 Å². The molecule has 1 heterocycles. The number of rotatable bonds is 9. The SMILES string of the molecule is COc1cccc(CNCCN2CCOCC2)c1OCC(=O)NC(C)(C)C. The number of para-hydroxylation sites is 1. The molecule has 7 heteroatoms. The maximum Gasteiger partial charge on any atom is 0.258 e. The molecule has 0 bridgehead atoms. The van der Waals surface area contributed by atoms with Gasteiger partial charge in [0, 0.05) is 43.8 Å². The van der Waals surface area contributed by atoms with Crippen molar-refractivity contribution in [1.29, 1.82) is 0 Å². The first kappa shape index (κ1) is 21.5. The molecule has 0 aromatic heterocycles. The van der Waals surface area contributed by atoms with Gasteiger partial charge in [-0.2, -0.15) is 0 Å². The summed E-state index contributed by atoms with van der Waals surface area (Å²) in [5.74, 6) is 1.09. The summed E-state index contributed by atoms with van der Waals surface area (Å²) in [7, 11) is 1.60. The van der Waals surface area contributed by atoms with Crippen molar-refractivity contribution in [2.45, 2.75) is 32.9 Å². The molecule has 1 aliphatic rings. The van der Waals surface area contributed by atoms with Gasteiger partial charge in [0.05, 0.1) is 20.3 Å². The fraction of sp³-hybridized carbons (Fsp3) is 0.650. The van der Waals surface area contributed by atoms with Gasteiger partial charge < -0.3 is 24.8 Å². The van der Waals surface area contributed by atoms with E-state index >= 15 is 0 Å².